The Morgan fingerprint density at radius 1 is 1.25 bits per heavy atom. The summed E-state index contributed by atoms with van der Waals surface area (Å²) in [7, 11) is 1.68. The zero-order valence-electron chi connectivity index (χ0n) is 12.4. The summed E-state index contributed by atoms with van der Waals surface area (Å²) < 4.78 is 21.0. The van der Waals surface area contributed by atoms with Crippen LogP contribution in [0.15, 0.2) is 40.8 Å². The SMILES string of the molecule is Cn1c(Nc2nc3ccccc3o2)nc2cc(C(=O)O)c(F)cc21. The first-order valence-electron chi connectivity index (χ1n) is 7.05. The number of fused-ring (bicyclic) bond motifs is 2. The van der Waals surface area contributed by atoms with Crippen molar-refractivity contribution in [3.8, 4) is 0 Å². The van der Waals surface area contributed by atoms with Gasteiger partial charge in [0.2, 0.25) is 5.95 Å². The van der Waals surface area contributed by atoms with E-state index in [0.717, 1.165) is 6.07 Å². The second kappa shape index (κ2) is 5.05. The Balaban J connectivity index is 1.79. The number of hydrogen-bond acceptors (Lipinski definition) is 5. The molecular formula is C16H11FN4O3. The fourth-order valence-corrected chi connectivity index (χ4v) is 2.51. The monoisotopic (exact) mass is 326 g/mol. The second-order valence-corrected chi connectivity index (χ2v) is 5.23. The molecule has 0 aliphatic heterocycles. The first-order valence-corrected chi connectivity index (χ1v) is 7.05. The molecule has 0 amide bonds. The quantitative estimate of drug-likeness (QED) is 0.600. The standard InChI is InChI=1S/C16H11FN4O3/c1-21-12-7-9(17)8(14(22)23)6-11(12)18-15(21)20-16-19-10-4-2-3-5-13(10)24-16/h2-7H,1H3,(H,22,23)(H,18,19,20). The minimum absolute atomic E-state index is 0.244. The van der Waals surface area contributed by atoms with Crippen LogP contribution in [-0.4, -0.2) is 25.6 Å². The zero-order chi connectivity index (χ0) is 16.8. The molecule has 7 nitrogen and oxygen atoms in total. The Labute approximate surface area is 134 Å². The minimum Gasteiger partial charge on any atom is -0.478 e. The Morgan fingerprint density at radius 2 is 2.04 bits per heavy atom. The number of carboxylic acids is 1. The number of nitrogens with zero attached hydrogens (tertiary/aromatic N) is 3. The van der Waals surface area contributed by atoms with E-state index in [0.29, 0.717) is 28.1 Å². The molecule has 0 radical (unpaired) electrons. The van der Waals surface area contributed by atoms with E-state index < -0.39 is 17.3 Å². The lowest BCUT2D eigenvalue weighted by Crippen LogP contribution is -2.01. The third kappa shape index (κ3) is 2.16. The van der Waals surface area contributed by atoms with Gasteiger partial charge in [-0.25, -0.2) is 14.2 Å². The Morgan fingerprint density at radius 3 is 2.79 bits per heavy atom. The van der Waals surface area contributed by atoms with Crippen molar-refractivity contribution in [3.63, 3.8) is 0 Å². The molecule has 0 aliphatic rings. The number of halogens is 1. The number of hydrogen-bond donors (Lipinski definition) is 2. The summed E-state index contributed by atoms with van der Waals surface area (Å²) >= 11 is 0. The molecule has 4 rings (SSSR count). The summed E-state index contributed by atoms with van der Waals surface area (Å²) in [6, 6.07) is 9.87. The number of anilines is 2. The highest BCUT2D eigenvalue weighted by molar-refractivity contribution is 5.93. The number of para-hydroxylation sites is 2. The average molecular weight is 326 g/mol. The summed E-state index contributed by atoms with van der Waals surface area (Å²) in [6.45, 7) is 0. The molecule has 120 valence electrons. The van der Waals surface area contributed by atoms with Gasteiger partial charge in [-0.2, -0.15) is 4.98 Å². The van der Waals surface area contributed by atoms with Crippen LogP contribution in [0.5, 0.6) is 0 Å². The van der Waals surface area contributed by atoms with Gasteiger partial charge in [0.1, 0.15) is 11.3 Å². The predicted octanol–water partition coefficient (Wildman–Crippen LogP) is 3.30. The third-order valence-corrected chi connectivity index (χ3v) is 3.71. The van der Waals surface area contributed by atoms with Crippen molar-refractivity contribution in [3.05, 3.63) is 47.8 Å². The van der Waals surface area contributed by atoms with Gasteiger partial charge in [-0.1, -0.05) is 12.1 Å². The zero-order valence-corrected chi connectivity index (χ0v) is 12.4. The van der Waals surface area contributed by atoms with E-state index in [1.165, 1.54) is 6.07 Å². The van der Waals surface area contributed by atoms with Gasteiger partial charge in [0.25, 0.3) is 0 Å². The smallest absolute Gasteiger partial charge is 0.338 e. The molecule has 0 unspecified atom stereocenters. The van der Waals surface area contributed by atoms with Crippen LogP contribution in [0.4, 0.5) is 16.4 Å². The maximum atomic E-state index is 13.9. The van der Waals surface area contributed by atoms with Gasteiger partial charge in [0.15, 0.2) is 5.58 Å². The van der Waals surface area contributed by atoms with Crippen LogP contribution in [0.3, 0.4) is 0 Å². The summed E-state index contributed by atoms with van der Waals surface area (Å²) in [5.41, 5.74) is 1.70. The van der Waals surface area contributed by atoms with Gasteiger partial charge in [-0.05, 0) is 18.2 Å². The molecule has 0 bridgehead atoms. The molecule has 0 saturated carbocycles. The summed E-state index contributed by atoms with van der Waals surface area (Å²) in [5, 5.41) is 11.9. The first-order chi connectivity index (χ1) is 11.5. The Bertz CT molecular complexity index is 1070. The third-order valence-electron chi connectivity index (χ3n) is 3.71. The van der Waals surface area contributed by atoms with Crippen molar-refractivity contribution in [2.24, 2.45) is 7.05 Å². The summed E-state index contributed by atoms with van der Waals surface area (Å²) in [6.07, 6.45) is 0. The van der Waals surface area contributed by atoms with Crippen molar-refractivity contribution < 1.29 is 18.7 Å². The van der Waals surface area contributed by atoms with Crippen molar-refractivity contribution in [2.45, 2.75) is 0 Å². The molecule has 0 spiro atoms. The first kappa shape index (κ1) is 14.2. The lowest BCUT2D eigenvalue weighted by molar-refractivity contribution is 0.0692. The van der Waals surface area contributed by atoms with E-state index in [-0.39, 0.29) is 6.01 Å². The average Bonchev–Trinajstić information content (AvgIpc) is 3.08. The topological polar surface area (TPSA) is 93.2 Å². The highest BCUT2D eigenvalue weighted by atomic mass is 19.1. The van der Waals surface area contributed by atoms with Crippen molar-refractivity contribution >= 4 is 40.1 Å². The molecule has 0 saturated heterocycles. The molecule has 2 aromatic heterocycles. The molecule has 2 N–H and O–H groups in total. The highest BCUT2D eigenvalue weighted by Gasteiger charge is 2.17. The number of imidazole rings is 1. The number of benzene rings is 2. The maximum Gasteiger partial charge on any atom is 0.338 e. The van der Waals surface area contributed by atoms with Gasteiger partial charge in [-0.15, -0.1) is 0 Å². The van der Waals surface area contributed by atoms with Crippen LogP contribution < -0.4 is 5.32 Å². The molecule has 24 heavy (non-hydrogen) atoms. The lowest BCUT2D eigenvalue weighted by atomic mass is 10.2. The van der Waals surface area contributed by atoms with E-state index in [2.05, 4.69) is 15.3 Å². The summed E-state index contributed by atoms with van der Waals surface area (Å²) in [5.74, 6) is -1.79. The number of aromatic carboxylic acids is 1. The van der Waals surface area contributed by atoms with Crippen molar-refractivity contribution in [1.82, 2.24) is 14.5 Å². The number of rotatable bonds is 3. The van der Waals surface area contributed by atoms with E-state index in [1.807, 2.05) is 18.2 Å². The van der Waals surface area contributed by atoms with Gasteiger partial charge in [0, 0.05) is 13.1 Å². The van der Waals surface area contributed by atoms with E-state index in [4.69, 9.17) is 9.52 Å². The second-order valence-electron chi connectivity index (χ2n) is 5.23. The van der Waals surface area contributed by atoms with Crippen LogP contribution in [-0.2, 0) is 7.05 Å². The number of aryl methyl sites for hydroxylation is 1. The van der Waals surface area contributed by atoms with E-state index >= 15 is 0 Å². The number of aromatic nitrogens is 3. The number of carbonyl (C=O) groups is 1. The molecular weight excluding hydrogens is 315 g/mol. The molecule has 2 aromatic carbocycles. The summed E-state index contributed by atoms with van der Waals surface area (Å²) in [4.78, 5) is 19.6. The minimum atomic E-state index is -1.34. The van der Waals surface area contributed by atoms with Gasteiger partial charge < -0.3 is 14.1 Å². The number of nitrogens with one attached hydrogen (secondary N) is 1. The van der Waals surface area contributed by atoms with Crippen LogP contribution >= 0.6 is 0 Å². The molecule has 0 fully saturated rings. The predicted molar refractivity (Wildman–Crippen MR) is 84.9 cm³/mol. The maximum absolute atomic E-state index is 13.9. The van der Waals surface area contributed by atoms with Gasteiger partial charge >= 0.3 is 12.0 Å². The molecule has 0 aliphatic carbocycles. The fourth-order valence-electron chi connectivity index (χ4n) is 2.51. The normalized spacial score (nSPS) is 11.2. The van der Waals surface area contributed by atoms with Crippen molar-refractivity contribution in [2.75, 3.05) is 5.32 Å². The largest absolute Gasteiger partial charge is 0.478 e. The molecule has 2 heterocycles. The molecule has 8 heteroatoms. The van der Waals surface area contributed by atoms with Gasteiger partial charge in [0.05, 0.1) is 16.6 Å². The van der Waals surface area contributed by atoms with E-state index in [9.17, 15) is 9.18 Å². The fraction of sp³-hybridized carbons (Fsp3) is 0.0625. The Kier molecular flexibility index (Phi) is 2.99. The van der Waals surface area contributed by atoms with Crippen LogP contribution in [0, 0.1) is 5.82 Å². The van der Waals surface area contributed by atoms with E-state index in [1.54, 1.807) is 17.7 Å². The van der Waals surface area contributed by atoms with Crippen LogP contribution in [0.25, 0.3) is 22.1 Å². The molecule has 4 aromatic rings. The Hall–Kier alpha value is -3.42. The number of oxazole rings is 1. The van der Waals surface area contributed by atoms with Crippen LogP contribution in [0.2, 0.25) is 0 Å². The molecule has 0 atom stereocenters. The highest BCUT2D eigenvalue weighted by Crippen LogP contribution is 2.25. The van der Waals surface area contributed by atoms with Crippen molar-refractivity contribution in [1.29, 1.82) is 0 Å². The van der Waals surface area contributed by atoms with Gasteiger partial charge in [-0.3, -0.25) is 5.32 Å². The van der Waals surface area contributed by atoms with Crippen LogP contribution in [0.1, 0.15) is 10.4 Å². The lowest BCUT2D eigenvalue weighted by Gasteiger charge is -2.02. The number of carboxylic acid groups (broad SMARTS) is 1.